The average molecular weight is 367 g/mol. The number of piperidine rings is 1. The van der Waals surface area contributed by atoms with Gasteiger partial charge in [-0.15, -0.1) is 0 Å². The number of ether oxygens (including phenoxy) is 1. The van der Waals surface area contributed by atoms with Crippen LogP contribution in [0.2, 0.25) is 0 Å². The Hall–Kier alpha value is -2.33. The van der Waals surface area contributed by atoms with Gasteiger partial charge in [0, 0.05) is 25.7 Å². The van der Waals surface area contributed by atoms with Crippen LogP contribution in [0.25, 0.3) is 0 Å². The first kappa shape index (κ1) is 19.4. The highest BCUT2D eigenvalue weighted by Gasteiger charge is 2.16. The van der Waals surface area contributed by atoms with Crippen molar-refractivity contribution in [1.82, 2.24) is 9.80 Å². The van der Waals surface area contributed by atoms with E-state index in [2.05, 4.69) is 24.0 Å². The van der Waals surface area contributed by atoms with Gasteiger partial charge in [0.25, 0.3) is 5.91 Å². The number of benzene rings is 2. The summed E-state index contributed by atoms with van der Waals surface area (Å²) in [6.07, 6.45) is 2.57. The van der Waals surface area contributed by atoms with Crippen LogP contribution in [0.3, 0.4) is 0 Å². The third-order valence-electron chi connectivity index (χ3n) is 5.41. The summed E-state index contributed by atoms with van der Waals surface area (Å²) in [4.78, 5) is 17.0. The normalized spacial score (nSPS) is 15.5. The maximum atomic E-state index is 12.7. The van der Waals surface area contributed by atoms with E-state index < -0.39 is 0 Å². The predicted octanol–water partition coefficient (Wildman–Crippen LogP) is 4.20. The van der Waals surface area contributed by atoms with Crippen molar-refractivity contribution in [3.8, 4) is 5.75 Å². The number of amides is 1. The van der Waals surface area contributed by atoms with Gasteiger partial charge >= 0.3 is 0 Å². The quantitative estimate of drug-likeness (QED) is 0.768. The number of hydrogen-bond acceptors (Lipinski definition) is 3. The Labute approximate surface area is 162 Å². The average Bonchev–Trinajstić information content (AvgIpc) is 2.70. The van der Waals surface area contributed by atoms with E-state index in [0.717, 1.165) is 29.3 Å². The summed E-state index contributed by atoms with van der Waals surface area (Å²) in [6.45, 7) is 6.23. The van der Waals surface area contributed by atoms with Crippen LogP contribution in [0.1, 0.15) is 41.3 Å². The van der Waals surface area contributed by atoms with Crippen LogP contribution in [0.5, 0.6) is 5.75 Å². The van der Waals surface area contributed by atoms with Gasteiger partial charge in [-0.1, -0.05) is 31.2 Å². The van der Waals surface area contributed by atoms with Crippen LogP contribution >= 0.6 is 0 Å². The highest BCUT2D eigenvalue weighted by molar-refractivity contribution is 5.94. The number of carbonyl (C=O) groups excluding carboxylic acids is 1. The molecule has 144 valence electrons. The first-order valence-electron chi connectivity index (χ1n) is 9.75. The van der Waals surface area contributed by atoms with Crippen molar-refractivity contribution in [3.05, 3.63) is 65.2 Å². The van der Waals surface area contributed by atoms with Crippen molar-refractivity contribution in [2.75, 3.05) is 27.2 Å². The first-order chi connectivity index (χ1) is 13.0. The lowest BCUT2D eigenvalue weighted by Crippen LogP contribution is -2.32. The van der Waals surface area contributed by atoms with E-state index in [-0.39, 0.29) is 5.91 Å². The predicted molar refractivity (Wildman–Crippen MR) is 109 cm³/mol. The Morgan fingerprint density at radius 1 is 1.04 bits per heavy atom. The van der Waals surface area contributed by atoms with Gasteiger partial charge in [0.2, 0.25) is 0 Å². The van der Waals surface area contributed by atoms with E-state index in [9.17, 15) is 4.79 Å². The van der Waals surface area contributed by atoms with E-state index in [0.29, 0.717) is 6.54 Å². The molecular weight excluding hydrogens is 336 g/mol. The fourth-order valence-corrected chi connectivity index (χ4v) is 3.53. The Bertz CT molecular complexity index is 732. The van der Waals surface area contributed by atoms with E-state index in [4.69, 9.17) is 4.74 Å². The number of likely N-dealkylation sites (tertiary alicyclic amines) is 1. The molecule has 0 radical (unpaired) electrons. The Morgan fingerprint density at radius 2 is 1.63 bits per heavy atom. The standard InChI is InChI=1S/C23H30N2O2/c1-18-12-14-25(15-13-18)17-20-4-8-21(9-5-20)23(26)24(2)16-19-6-10-22(27-3)11-7-19/h4-11,18H,12-17H2,1-3H3. The van der Waals surface area contributed by atoms with Gasteiger partial charge in [0.1, 0.15) is 5.75 Å². The van der Waals surface area contributed by atoms with Crippen LogP contribution < -0.4 is 4.74 Å². The third kappa shape index (κ3) is 5.33. The second-order valence-corrected chi connectivity index (χ2v) is 7.66. The number of hydrogen-bond donors (Lipinski definition) is 0. The zero-order valence-corrected chi connectivity index (χ0v) is 16.6. The topological polar surface area (TPSA) is 32.8 Å². The summed E-state index contributed by atoms with van der Waals surface area (Å²) in [5, 5.41) is 0. The maximum absolute atomic E-state index is 12.7. The Balaban J connectivity index is 1.55. The highest BCUT2D eigenvalue weighted by Crippen LogP contribution is 2.19. The van der Waals surface area contributed by atoms with Crippen molar-refractivity contribution in [2.24, 2.45) is 5.92 Å². The second-order valence-electron chi connectivity index (χ2n) is 7.66. The Morgan fingerprint density at radius 3 is 2.22 bits per heavy atom. The molecule has 0 unspecified atom stereocenters. The van der Waals surface area contributed by atoms with Gasteiger partial charge in [-0.2, -0.15) is 0 Å². The molecule has 0 saturated carbocycles. The van der Waals surface area contributed by atoms with Crippen molar-refractivity contribution in [3.63, 3.8) is 0 Å². The molecule has 1 saturated heterocycles. The summed E-state index contributed by atoms with van der Waals surface area (Å²) in [7, 11) is 3.50. The van der Waals surface area contributed by atoms with Crippen LogP contribution in [-0.2, 0) is 13.1 Å². The van der Waals surface area contributed by atoms with Crippen LogP contribution in [0.15, 0.2) is 48.5 Å². The van der Waals surface area contributed by atoms with Gasteiger partial charge in [0.05, 0.1) is 7.11 Å². The molecule has 2 aromatic carbocycles. The fourth-order valence-electron chi connectivity index (χ4n) is 3.53. The van der Waals surface area contributed by atoms with Gasteiger partial charge < -0.3 is 9.64 Å². The molecule has 0 N–H and O–H groups in total. The molecule has 3 rings (SSSR count). The lowest BCUT2D eigenvalue weighted by molar-refractivity contribution is 0.0785. The van der Waals surface area contributed by atoms with Crippen molar-refractivity contribution >= 4 is 5.91 Å². The minimum atomic E-state index is 0.0455. The minimum Gasteiger partial charge on any atom is -0.497 e. The number of carbonyl (C=O) groups is 1. The molecule has 0 bridgehead atoms. The SMILES string of the molecule is COc1ccc(CN(C)C(=O)c2ccc(CN3CCC(C)CC3)cc2)cc1. The molecule has 1 aliphatic heterocycles. The molecule has 0 aromatic heterocycles. The van der Waals surface area contributed by atoms with Crippen LogP contribution in [0, 0.1) is 5.92 Å². The van der Waals surface area contributed by atoms with Crippen molar-refractivity contribution in [2.45, 2.75) is 32.9 Å². The van der Waals surface area contributed by atoms with E-state index in [1.165, 1.54) is 31.5 Å². The molecule has 4 nitrogen and oxygen atoms in total. The molecule has 1 heterocycles. The molecule has 1 aliphatic rings. The zero-order chi connectivity index (χ0) is 19.2. The molecule has 0 spiro atoms. The molecule has 27 heavy (non-hydrogen) atoms. The Kier molecular flexibility index (Phi) is 6.51. The summed E-state index contributed by atoms with van der Waals surface area (Å²) in [5.74, 6) is 1.72. The van der Waals surface area contributed by atoms with Crippen molar-refractivity contribution < 1.29 is 9.53 Å². The van der Waals surface area contributed by atoms with Gasteiger partial charge in [-0.05, 0) is 67.2 Å². The van der Waals surface area contributed by atoms with Gasteiger partial charge in [0.15, 0.2) is 0 Å². The molecule has 4 heteroatoms. The third-order valence-corrected chi connectivity index (χ3v) is 5.41. The fraction of sp³-hybridized carbons (Fsp3) is 0.435. The molecule has 1 amide bonds. The smallest absolute Gasteiger partial charge is 0.253 e. The lowest BCUT2D eigenvalue weighted by Gasteiger charge is -2.30. The number of rotatable bonds is 6. The lowest BCUT2D eigenvalue weighted by atomic mass is 9.99. The molecule has 0 atom stereocenters. The van der Waals surface area contributed by atoms with Gasteiger partial charge in [-0.3, -0.25) is 9.69 Å². The number of methoxy groups -OCH3 is 1. The molecule has 0 aliphatic carbocycles. The van der Waals surface area contributed by atoms with E-state index >= 15 is 0 Å². The molecule has 1 fully saturated rings. The largest absolute Gasteiger partial charge is 0.497 e. The number of nitrogens with zero attached hydrogens (tertiary/aromatic N) is 2. The van der Waals surface area contributed by atoms with E-state index in [1.54, 1.807) is 12.0 Å². The maximum Gasteiger partial charge on any atom is 0.253 e. The highest BCUT2D eigenvalue weighted by atomic mass is 16.5. The summed E-state index contributed by atoms with van der Waals surface area (Å²) < 4.78 is 5.18. The molecule has 2 aromatic rings. The zero-order valence-electron chi connectivity index (χ0n) is 16.6. The van der Waals surface area contributed by atoms with Crippen LogP contribution in [0.4, 0.5) is 0 Å². The summed E-state index contributed by atoms with van der Waals surface area (Å²) >= 11 is 0. The summed E-state index contributed by atoms with van der Waals surface area (Å²) in [5.41, 5.74) is 3.10. The van der Waals surface area contributed by atoms with Gasteiger partial charge in [-0.25, -0.2) is 0 Å². The van der Waals surface area contributed by atoms with Crippen molar-refractivity contribution in [1.29, 1.82) is 0 Å². The van der Waals surface area contributed by atoms with Crippen LogP contribution in [-0.4, -0.2) is 43.0 Å². The summed E-state index contributed by atoms with van der Waals surface area (Å²) in [6, 6.07) is 15.9. The first-order valence-corrected chi connectivity index (χ1v) is 9.75. The van der Waals surface area contributed by atoms with E-state index in [1.807, 2.05) is 43.4 Å². The molecular formula is C23H30N2O2. The monoisotopic (exact) mass is 366 g/mol. The second kappa shape index (κ2) is 9.05. The minimum absolute atomic E-state index is 0.0455.